The van der Waals surface area contributed by atoms with Crippen molar-refractivity contribution < 1.29 is 18.4 Å². The molecule has 0 radical (unpaired) electrons. The van der Waals surface area contributed by atoms with E-state index in [1.54, 1.807) is 24.0 Å². The number of benzene rings is 1. The molecule has 0 saturated carbocycles. The minimum Gasteiger partial charge on any atom is -0.467 e. The van der Waals surface area contributed by atoms with Crippen LogP contribution in [0.1, 0.15) is 21.8 Å². The Labute approximate surface area is 159 Å². The summed E-state index contributed by atoms with van der Waals surface area (Å²) in [5, 5.41) is 5.25. The molecule has 6 nitrogen and oxygen atoms in total. The molecule has 27 heavy (non-hydrogen) atoms. The lowest BCUT2D eigenvalue weighted by Crippen LogP contribution is -2.12. The fourth-order valence-corrected chi connectivity index (χ4v) is 3.26. The van der Waals surface area contributed by atoms with Crippen LogP contribution in [0, 0.1) is 0 Å². The van der Waals surface area contributed by atoms with Crippen molar-refractivity contribution in [2.24, 2.45) is 0 Å². The minimum absolute atomic E-state index is 0.266. The number of nitrogens with zero attached hydrogens (tertiary/aromatic N) is 1. The third-order valence-corrected chi connectivity index (χ3v) is 4.60. The van der Waals surface area contributed by atoms with Crippen LogP contribution in [0.4, 0.5) is 5.69 Å². The highest BCUT2D eigenvalue weighted by atomic mass is 32.1. The number of ether oxygens (including phenoxy) is 1. The van der Waals surface area contributed by atoms with Crippen molar-refractivity contribution in [2.75, 3.05) is 5.32 Å². The molecule has 3 aromatic heterocycles. The van der Waals surface area contributed by atoms with Crippen molar-refractivity contribution in [1.29, 1.82) is 0 Å². The van der Waals surface area contributed by atoms with Gasteiger partial charge in [-0.2, -0.15) is 0 Å². The number of amides is 1. The van der Waals surface area contributed by atoms with E-state index in [1.807, 2.05) is 42.5 Å². The first-order chi connectivity index (χ1) is 13.3. The van der Waals surface area contributed by atoms with Gasteiger partial charge in [-0.25, -0.2) is 4.98 Å². The number of furan rings is 2. The lowest BCUT2D eigenvalue weighted by molar-refractivity contribution is 0.0929. The predicted octanol–water partition coefficient (Wildman–Crippen LogP) is 4.97. The molecular weight excluding hydrogens is 364 g/mol. The van der Waals surface area contributed by atoms with Gasteiger partial charge in [0.05, 0.1) is 19.1 Å². The lowest BCUT2D eigenvalue weighted by atomic mass is 10.2. The number of carbonyl (C=O) groups is 1. The number of nitrogens with one attached hydrogen (secondary N) is 1. The summed E-state index contributed by atoms with van der Waals surface area (Å²) >= 11 is 1.36. The molecule has 4 rings (SSSR count). The van der Waals surface area contributed by atoms with Gasteiger partial charge < -0.3 is 18.9 Å². The maximum atomic E-state index is 12.4. The van der Waals surface area contributed by atoms with Gasteiger partial charge in [-0.05, 0) is 42.0 Å². The van der Waals surface area contributed by atoms with Crippen LogP contribution < -0.4 is 5.32 Å². The highest BCUT2D eigenvalue weighted by Gasteiger charge is 2.13. The molecule has 0 unspecified atom stereocenters. The predicted molar refractivity (Wildman–Crippen MR) is 101 cm³/mol. The first kappa shape index (κ1) is 17.3. The standard InChI is InChI=1S/C20H16N2O4S/c23-19(17-13-27-20(22-17)18-7-3-9-26-18)21-15-5-1-4-14(10-15)11-24-12-16-6-2-8-25-16/h1-10,13H,11-12H2,(H,21,23). The zero-order valence-corrected chi connectivity index (χ0v) is 15.1. The van der Waals surface area contributed by atoms with Crippen LogP contribution in [0.2, 0.25) is 0 Å². The summed E-state index contributed by atoms with van der Waals surface area (Å²) in [6.07, 6.45) is 3.19. The third kappa shape index (κ3) is 4.33. The Hall–Kier alpha value is -3.16. The first-order valence-electron chi connectivity index (χ1n) is 8.28. The summed E-state index contributed by atoms with van der Waals surface area (Å²) in [6.45, 7) is 0.821. The molecule has 136 valence electrons. The van der Waals surface area contributed by atoms with E-state index in [-0.39, 0.29) is 5.91 Å². The molecule has 3 heterocycles. The van der Waals surface area contributed by atoms with E-state index in [0.717, 1.165) is 11.3 Å². The second-order valence-corrected chi connectivity index (χ2v) is 6.60. The van der Waals surface area contributed by atoms with Gasteiger partial charge in [0.1, 0.15) is 18.1 Å². The highest BCUT2D eigenvalue weighted by Crippen LogP contribution is 2.24. The number of hydrogen-bond donors (Lipinski definition) is 1. The quantitative estimate of drug-likeness (QED) is 0.490. The Morgan fingerprint density at radius 2 is 1.96 bits per heavy atom. The summed E-state index contributed by atoms with van der Waals surface area (Å²) < 4.78 is 16.2. The Morgan fingerprint density at radius 1 is 1.07 bits per heavy atom. The monoisotopic (exact) mass is 380 g/mol. The molecule has 0 bridgehead atoms. The number of rotatable bonds is 7. The number of anilines is 1. The molecular formula is C20H16N2O4S. The molecule has 1 amide bonds. The summed E-state index contributed by atoms with van der Waals surface area (Å²) in [6, 6.07) is 14.8. The number of thiazole rings is 1. The number of hydrogen-bond acceptors (Lipinski definition) is 6. The molecule has 1 aromatic carbocycles. The molecule has 0 spiro atoms. The highest BCUT2D eigenvalue weighted by molar-refractivity contribution is 7.13. The van der Waals surface area contributed by atoms with Crippen LogP contribution in [0.25, 0.3) is 10.8 Å². The van der Waals surface area contributed by atoms with Crippen LogP contribution in [0.5, 0.6) is 0 Å². The van der Waals surface area contributed by atoms with Crippen molar-refractivity contribution in [1.82, 2.24) is 4.98 Å². The van der Waals surface area contributed by atoms with Crippen molar-refractivity contribution >= 4 is 22.9 Å². The zero-order chi connectivity index (χ0) is 18.5. The lowest BCUT2D eigenvalue weighted by Gasteiger charge is -2.07. The molecule has 0 fully saturated rings. The largest absolute Gasteiger partial charge is 0.467 e. The maximum Gasteiger partial charge on any atom is 0.275 e. The van der Waals surface area contributed by atoms with Gasteiger partial charge in [-0.3, -0.25) is 4.79 Å². The summed E-state index contributed by atoms with van der Waals surface area (Å²) in [5.41, 5.74) is 1.99. The maximum absolute atomic E-state index is 12.4. The smallest absolute Gasteiger partial charge is 0.275 e. The van der Waals surface area contributed by atoms with E-state index in [4.69, 9.17) is 13.6 Å². The van der Waals surface area contributed by atoms with Crippen LogP contribution >= 0.6 is 11.3 Å². The van der Waals surface area contributed by atoms with E-state index in [2.05, 4.69) is 10.3 Å². The van der Waals surface area contributed by atoms with Gasteiger partial charge in [-0.15, -0.1) is 11.3 Å². The van der Waals surface area contributed by atoms with Gasteiger partial charge in [0, 0.05) is 11.1 Å². The van der Waals surface area contributed by atoms with Gasteiger partial charge in [0.25, 0.3) is 5.91 Å². The van der Waals surface area contributed by atoms with Gasteiger partial charge in [0.15, 0.2) is 10.8 Å². The Bertz CT molecular complexity index is 1010. The third-order valence-electron chi connectivity index (χ3n) is 3.75. The number of aromatic nitrogens is 1. The molecule has 0 atom stereocenters. The Morgan fingerprint density at radius 3 is 2.78 bits per heavy atom. The molecule has 1 N–H and O–H groups in total. The SMILES string of the molecule is O=C(Nc1cccc(COCc2ccco2)c1)c1csc(-c2ccco2)n1. The summed E-state index contributed by atoms with van der Waals surface area (Å²) in [7, 11) is 0. The molecule has 7 heteroatoms. The van der Waals surface area contributed by atoms with E-state index >= 15 is 0 Å². The summed E-state index contributed by atoms with van der Waals surface area (Å²) in [5.74, 6) is 1.16. The second-order valence-electron chi connectivity index (χ2n) is 5.74. The zero-order valence-electron chi connectivity index (χ0n) is 14.3. The van der Waals surface area contributed by atoms with E-state index in [9.17, 15) is 4.79 Å². The Kier molecular flexibility index (Phi) is 5.13. The van der Waals surface area contributed by atoms with Gasteiger partial charge >= 0.3 is 0 Å². The van der Waals surface area contributed by atoms with E-state index < -0.39 is 0 Å². The fourth-order valence-electron chi connectivity index (χ4n) is 2.49. The van der Waals surface area contributed by atoms with Crippen LogP contribution in [0.15, 0.2) is 75.3 Å². The van der Waals surface area contributed by atoms with Crippen molar-refractivity contribution in [2.45, 2.75) is 13.2 Å². The van der Waals surface area contributed by atoms with E-state index in [0.29, 0.717) is 35.4 Å². The fraction of sp³-hybridized carbons (Fsp3) is 0.100. The first-order valence-corrected chi connectivity index (χ1v) is 9.16. The van der Waals surface area contributed by atoms with Crippen molar-refractivity contribution in [3.63, 3.8) is 0 Å². The Balaban J connectivity index is 1.36. The minimum atomic E-state index is -0.266. The molecule has 0 aliphatic heterocycles. The average molecular weight is 380 g/mol. The molecule has 0 saturated heterocycles. The normalized spacial score (nSPS) is 10.8. The van der Waals surface area contributed by atoms with Crippen molar-refractivity contribution in [3.05, 3.63) is 83.5 Å². The molecule has 0 aliphatic carbocycles. The van der Waals surface area contributed by atoms with Crippen molar-refractivity contribution in [3.8, 4) is 10.8 Å². The van der Waals surface area contributed by atoms with Crippen LogP contribution in [-0.4, -0.2) is 10.9 Å². The number of carbonyl (C=O) groups excluding carboxylic acids is 1. The second kappa shape index (κ2) is 8.03. The average Bonchev–Trinajstić information content (AvgIpc) is 3.43. The van der Waals surface area contributed by atoms with Crippen LogP contribution in [-0.2, 0) is 18.0 Å². The van der Waals surface area contributed by atoms with Gasteiger partial charge in [-0.1, -0.05) is 12.1 Å². The van der Waals surface area contributed by atoms with Gasteiger partial charge in [0.2, 0.25) is 0 Å². The summed E-state index contributed by atoms with van der Waals surface area (Å²) in [4.78, 5) is 16.8. The van der Waals surface area contributed by atoms with E-state index in [1.165, 1.54) is 11.3 Å². The molecule has 4 aromatic rings. The van der Waals surface area contributed by atoms with Crippen LogP contribution in [0.3, 0.4) is 0 Å². The molecule has 0 aliphatic rings. The topological polar surface area (TPSA) is 77.5 Å².